The molecule has 3 rings (SSSR count). The monoisotopic (exact) mass is 414 g/mol. The Bertz CT molecular complexity index is 919. The highest BCUT2D eigenvalue weighted by atomic mass is 35.5. The molecule has 0 amide bonds. The van der Waals surface area contributed by atoms with Crippen LogP contribution in [0.5, 0.6) is 0 Å². The van der Waals surface area contributed by atoms with Gasteiger partial charge in [0.1, 0.15) is 5.82 Å². The van der Waals surface area contributed by atoms with Crippen LogP contribution in [0.1, 0.15) is 31.5 Å². The lowest BCUT2D eigenvalue weighted by molar-refractivity contribution is 0.829. The number of nitrogens with zero attached hydrogens (tertiary/aromatic N) is 3. The van der Waals surface area contributed by atoms with Gasteiger partial charge in [0.2, 0.25) is 0 Å². The molecule has 0 radical (unpaired) electrons. The Balaban J connectivity index is 1.51. The van der Waals surface area contributed by atoms with Gasteiger partial charge in [-0.05, 0) is 50.1 Å². The van der Waals surface area contributed by atoms with Crippen molar-refractivity contribution in [3.8, 4) is 0 Å². The number of halogens is 2. The van der Waals surface area contributed by atoms with Crippen molar-refractivity contribution >= 4 is 34.9 Å². The maximum Gasteiger partial charge on any atom is 0.136 e. The maximum absolute atomic E-state index is 6.04. The zero-order valence-electron chi connectivity index (χ0n) is 16.1. The van der Waals surface area contributed by atoms with Crippen molar-refractivity contribution in [2.45, 2.75) is 33.2 Å². The molecule has 0 bridgehead atoms. The van der Waals surface area contributed by atoms with Gasteiger partial charge >= 0.3 is 0 Å². The Morgan fingerprint density at radius 2 is 2.07 bits per heavy atom. The van der Waals surface area contributed by atoms with Crippen LogP contribution in [0.3, 0.4) is 0 Å². The molecule has 6 heteroatoms. The highest BCUT2D eigenvalue weighted by Gasteiger charge is 2.07. The van der Waals surface area contributed by atoms with E-state index < -0.39 is 0 Å². The molecule has 0 spiro atoms. The fraction of sp³-hybridized carbons (Fsp3) is 0.273. The topological polar surface area (TPSA) is 40.5 Å². The van der Waals surface area contributed by atoms with E-state index in [9.17, 15) is 0 Å². The van der Waals surface area contributed by atoms with Crippen LogP contribution in [0.15, 0.2) is 65.4 Å². The molecule has 1 aromatic heterocycles. The third kappa shape index (κ3) is 5.85. The lowest BCUT2D eigenvalue weighted by Crippen LogP contribution is -2.23. The van der Waals surface area contributed by atoms with E-state index in [4.69, 9.17) is 28.2 Å². The molecule has 0 saturated heterocycles. The minimum Gasteiger partial charge on any atom is -0.374 e. The summed E-state index contributed by atoms with van der Waals surface area (Å²) >= 11 is 12.0. The Morgan fingerprint density at radius 1 is 1.21 bits per heavy atom. The molecule has 4 nitrogen and oxygen atoms in total. The number of aromatic nitrogens is 1. The van der Waals surface area contributed by atoms with Gasteiger partial charge in [-0.15, -0.1) is 0 Å². The number of amidine groups is 1. The standard InChI is InChI=1S/C22H24Cl2N4/c1-16-5-4-12-28(15-16)22-7-3-6-19(27-22)10-11-25-17(2)26-14-18-8-9-20(23)21(24)13-18/h3-4,6-9,12-13,15H,5,10-11,14H2,1-2H3,(H,25,26). The zero-order chi connectivity index (χ0) is 19.9. The maximum atomic E-state index is 6.04. The van der Waals surface area contributed by atoms with E-state index in [1.54, 1.807) is 6.07 Å². The SMILES string of the molecule is CC1=CN(c2cccc(CCNC(C)=NCc3ccc(Cl)c(Cl)c3)n2)C=CC1. The van der Waals surface area contributed by atoms with Gasteiger partial charge in [0.25, 0.3) is 0 Å². The van der Waals surface area contributed by atoms with Crippen LogP contribution in [-0.4, -0.2) is 17.4 Å². The fourth-order valence-electron chi connectivity index (χ4n) is 2.85. The first-order chi connectivity index (χ1) is 13.5. The largest absolute Gasteiger partial charge is 0.374 e. The van der Waals surface area contributed by atoms with Crippen molar-refractivity contribution in [1.82, 2.24) is 10.3 Å². The highest BCUT2D eigenvalue weighted by molar-refractivity contribution is 6.42. The third-order valence-corrected chi connectivity index (χ3v) is 5.11. The van der Waals surface area contributed by atoms with Crippen LogP contribution in [-0.2, 0) is 13.0 Å². The molecule has 1 aromatic carbocycles. The predicted octanol–water partition coefficient (Wildman–Crippen LogP) is 5.77. The first-order valence-electron chi connectivity index (χ1n) is 9.28. The van der Waals surface area contributed by atoms with Crippen LogP contribution in [0, 0.1) is 0 Å². The number of pyridine rings is 1. The van der Waals surface area contributed by atoms with Crippen LogP contribution in [0.4, 0.5) is 5.82 Å². The number of aliphatic imine (C=N–C) groups is 1. The fourth-order valence-corrected chi connectivity index (χ4v) is 3.17. The van der Waals surface area contributed by atoms with Crippen LogP contribution in [0.2, 0.25) is 10.0 Å². The molecule has 0 aliphatic carbocycles. The molecule has 0 unspecified atom stereocenters. The second-order valence-corrected chi connectivity index (χ2v) is 7.60. The van der Waals surface area contributed by atoms with E-state index in [1.807, 2.05) is 25.1 Å². The highest BCUT2D eigenvalue weighted by Crippen LogP contribution is 2.23. The van der Waals surface area contributed by atoms with E-state index in [0.717, 1.165) is 42.3 Å². The zero-order valence-corrected chi connectivity index (χ0v) is 17.6. The van der Waals surface area contributed by atoms with Gasteiger partial charge < -0.3 is 10.2 Å². The van der Waals surface area contributed by atoms with Crippen LogP contribution in [0.25, 0.3) is 0 Å². The van der Waals surface area contributed by atoms with Gasteiger partial charge in [-0.1, -0.05) is 47.0 Å². The van der Waals surface area contributed by atoms with Crippen LogP contribution < -0.4 is 10.2 Å². The molecular weight excluding hydrogens is 391 g/mol. The minimum absolute atomic E-state index is 0.555. The summed E-state index contributed by atoms with van der Waals surface area (Å²) in [7, 11) is 0. The molecule has 2 heterocycles. The van der Waals surface area contributed by atoms with Crippen molar-refractivity contribution in [2.24, 2.45) is 4.99 Å². The number of hydrogen-bond acceptors (Lipinski definition) is 3. The molecule has 1 aliphatic heterocycles. The summed E-state index contributed by atoms with van der Waals surface area (Å²) in [6.45, 7) is 5.44. The average molecular weight is 415 g/mol. The first kappa shape index (κ1) is 20.4. The van der Waals surface area contributed by atoms with Gasteiger partial charge in [0.05, 0.1) is 22.4 Å². The minimum atomic E-state index is 0.555. The van der Waals surface area contributed by atoms with E-state index in [-0.39, 0.29) is 0 Å². The van der Waals surface area contributed by atoms with E-state index >= 15 is 0 Å². The Morgan fingerprint density at radius 3 is 2.86 bits per heavy atom. The summed E-state index contributed by atoms with van der Waals surface area (Å²) in [6.07, 6.45) is 8.18. The molecular formula is C22H24Cl2N4. The van der Waals surface area contributed by atoms with Crippen molar-refractivity contribution in [3.05, 3.63) is 81.7 Å². The van der Waals surface area contributed by atoms with E-state index in [2.05, 4.69) is 52.7 Å². The van der Waals surface area contributed by atoms with Gasteiger partial charge in [-0.25, -0.2) is 4.98 Å². The van der Waals surface area contributed by atoms with Crippen molar-refractivity contribution in [3.63, 3.8) is 0 Å². The molecule has 28 heavy (non-hydrogen) atoms. The number of rotatable bonds is 6. The molecule has 1 N–H and O–H groups in total. The smallest absolute Gasteiger partial charge is 0.136 e. The van der Waals surface area contributed by atoms with Gasteiger partial charge in [-0.2, -0.15) is 0 Å². The summed E-state index contributed by atoms with van der Waals surface area (Å²) in [5.41, 5.74) is 3.40. The summed E-state index contributed by atoms with van der Waals surface area (Å²) in [5.74, 6) is 1.83. The Labute approximate surface area is 176 Å². The number of nitrogens with one attached hydrogen (secondary N) is 1. The number of benzene rings is 1. The van der Waals surface area contributed by atoms with Crippen molar-refractivity contribution < 1.29 is 0 Å². The molecule has 0 atom stereocenters. The van der Waals surface area contributed by atoms with Crippen molar-refractivity contribution in [2.75, 3.05) is 11.4 Å². The Hall–Kier alpha value is -2.30. The van der Waals surface area contributed by atoms with Gasteiger partial charge in [-0.3, -0.25) is 4.99 Å². The van der Waals surface area contributed by atoms with Crippen LogP contribution >= 0.6 is 23.2 Å². The summed E-state index contributed by atoms with van der Waals surface area (Å²) in [4.78, 5) is 11.4. The molecule has 2 aromatic rings. The molecule has 146 valence electrons. The average Bonchev–Trinajstić information content (AvgIpc) is 2.69. The number of hydrogen-bond donors (Lipinski definition) is 1. The quantitative estimate of drug-likeness (QED) is 0.481. The van der Waals surface area contributed by atoms with Gasteiger partial charge in [0.15, 0.2) is 0 Å². The van der Waals surface area contributed by atoms with E-state index in [0.29, 0.717) is 16.6 Å². The summed E-state index contributed by atoms with van der Waals surface area (Å²) in [6, 6.07) is 11.7. The summed E-state index contributed by atoms with van der Waals surface area (Å²) < 4.78 is 0. The lowest BCUT2D eigenvalue weighted by atomic mass is 10.2. The second-order valence-electron chi connectivity index (χ2n) is 6.79. The molecule has 1 aliphatic rings. The first-order valence-corrected chi connectivity index (χ1v) is 10.0. The lowest BCUT2D eigenvalue weighted by Gasteiger charge is -2.19. The van der Waals surface area contributed by atoms with Gasteiger partial charge in [0, 0.05) is 31.1 Å². The summed E-state index contributed by atoms with van der Waals surface area (Å²) in [5, 5.41) is 4.46. The predicted molar refractivity (Wildman–Crippen MR) is 119 cm³/mol. The molecule has 0 saturated carbocycles. The van der Waals surface area contributed by atoms with E-state index in [1.165, 1.54) is 5.57 Å². The second kappa shape index (κ2) is 9.76. The Kier molecular flexibility index (Phi) is 7.12. The normalized spacial score (nSPS) is 14.2. The van der Waals surface area contributed by atoms with Crippen molar-refractivity contribution in [1.29, 1.82) is 0 Å². The molecule has 0 fully saturated rings. The number of anilines is 1. The number of allylic oxidation sites excluding steroid dienone is 2. The third-order valence-electron chi connectivity index (χ3n) is 4.37.